The van der Waals surface area contributed by atoms with Gasteiger partial charge in [-0.15, -0.1) is 0 Å². The predicted octanol–water partition coefficient (Wildman–Crippen LogP) is 3.00. The van der Waals surface area contributed by atoms with E-state index in [0.29, 0.717) is 19.1 Å². The molecule has 24 heavy (non-hydrogen) atoms. The fourth-order valence-electron chi connectivity index (χ4n) is 2.41. The Labute approximate surface area is 143 Å². The van der Waals surface area contributed by atoms with Gasteiger partial charge in [-0.2, -0.15) is 0 Å². The number of aliphatic hydroxyl groups is 1. The molecule has 2 aromatic rings. The van der Waals surface area contributed by atoms with E-state index in [0.717, 1.165) is 22.4 Å². The van der Waals surface area contributed by atoms with Gasteiger partial charge in [0.15, 0.2) is 0 Å². The van der Waals surface area contributed by atoms with E-state index in [1.807, 2.05) is 48.5 Å². The van der Waals surface area contributed by atoms with Crippen LogP contribution in [0, 0.1) is 0 Å². The number of anilines is 1. The van der Waals surface area contributed by atoms with Crippen LogP contribution in [0.3, 0.4) is 0 Å². The number of aliphatic hydroxyl groups excluding tert-OH is 1. The summed E-state index contributed by atoms with van der Waals surface area (Å²) in [4.78, 5) is 12.0. The van der Waals surface area contributed by atoms with Crippen LogP contribution in [0.5, 0.6) is 0 Å². The molecule has 0 heterocycles. The van der Waals surface area contributed by atoms with Crippen LogP contribution in [0.1, 0.15) is 30.5 Å². The minimum absolute atomic E-state index is 0.0326. The van der Waals surface area contributed by atoms with E-state index >= 15 is 0 Å². The molecule has 0 radical (unpaired) electrons. The molecule has 0 aliphatic rings. The van der Waals surface area contributed by atoms with Crippen molar-refractivity contribution in [3.8, 4) is 0 Å². The summed E-state index contributed by atoms with van der Waals surface area (Å²) in [5.41, 5.74) is 3.82. The highest BCUT2D eigenvalue weighted by atomic mass is 16.3. The average Bonchev–Trinajstić information content (AvgIpc) is 2.58. The van der Waals surface area contributed by atoms with Gasteiger partial charge in [0.25, 0.3) is 0 Å². The number of benzene rings is 2. The van der Waals surface area contributed by atoms with E-state index in [9.17, 15) is 9.90 Å². The largest absolute Gasteiger partial charge is 0.392 e. The van der Waals surface area contributed by atoms with E-state index in [1.165, 1.54) is 0 Å². The molecule has 2 amide bonds. The van der Waals surface area contributed by atoms with E-state index < -0.39 is 0 Å². The molecule has 0 fully saturated rings. The van der Waals surface area contributed by atoms with Crippen LogP contribution in [0.25, 0.3) is 0 Å². The summed E-state index contributed by atoms with van der Waals surface area (Å²) in [6.07, 6.45) is 0. The lowest BCUT2D eigenvalue weighted by Gasteiger charge is -2.12. The molecule has 0 saturated heterocycles. The van der Waals surface area contributed by atoms with E-state index in [1.54, 1.807) is 0 Å². The first-order chi connectivity index (χ1) is 11.6. The van der Waals surface area contributed by atoms with Gasteiger partial charge in [-0.1, -0.05) is 36.4 Å². The number of carbonyl (C=O) groups excluding carboxylic acids is 1. The van der Waals surface area contributed by atoms with Crippen LogP contribution in [0.15, 0.2) is 48.5 Å². The van der Waals surface area contributed by atoms with Gasteiger partial charge >= 0.3 is 6.03 Å². The molecule has 0 aliphatic heterocycles. The van der Waals surface area contributed by atoms with Crippen molar-refractivity contribution in [2.45, 2.75) is 39.6 Å². The monoisotopic (exact) mass is 327 g/mol. The molecular weight excluding hydrogens is 302 g/mol. The summed E-state index contributed by atoms with van der Waals surface area (Å²) in [6.45, 7) is 4.99. The highest BCUT2D eigenvalue weighted by Gasteiger charge is 2.04. The van der Waals surface area contributed by atoms with Crippen molar-refractivity contribution >= 4 is 11.7 Å². The number of rotatable bonds is 7. The maximum absolute atomic E-state index is 12.0. The highest BCUT2D eigenvalue weighted by molar-refractivity contribution is 5.73. The van der Waals surface area contributed by atoms with Gasteiger partial charge in [0.2, 0.25) is 0 Å². The molecule has 0 aromatic heterocycles. The first-order valence-electron chi connectivity index (χ1n) is 8.13. The summed E-state index contributed by atoms with van der Waals surface area (Å²) in [7, 11) is 0. The molecule has 0 aliphatic carbocycles. The van der Waals surface area contributed by atoms with Crippen LogP contribution in [-0.4, -0.2) is 17.2 Å². The number of hydrogen-bond acceptors (Lipinski definition) is 3. The number of amides is 2. The van der Waals surface area contributed by atoms with E-state index in [2.05, 4.69) is 29.8 Å². The molecular formula is C19H25N3O2. The molecule has 2 aromatic carbocycles. The fraction of sp³-hybridized carbons (Fsp3) is 0.316. The molecule has 2 rings (SSSR count). The molecule has 4 N–H and O–H groups in total. The fourth-order valence-corrected chi connectivity index (χ4v) is 2.41. The summed E-state index contributed by atoms with van der Waals surface area (Å²) in [5.74, 6) is 0. The highest BCUT2D eigenvalue weighted by Crippen LogP contribution is 2.12. The third-order valence-electron chi connectivity index (χ3n) is 3.56. The topological polar surface area (TPSA) is 73.4 Å². The van der Waals surface area contributed by atoms with Crippen molar-refractivity contribution in [1.29, 1.82) is 0 Å². The zero-order chi connectivity index (χ0) is 17.4. The van der Waals surface area contributed by atoms with Crippen molar-refractivity contribution in [3.05, 3.63) is 65.2 Å². The van der Waals surface area contributed by atoms with E-state index in [4.69, 9.17) is 0 Å². The standard InChI is InChI=1S/C19H25N3O2/c1-14(2)22-18-9-5-6-15(10-18)11-20-19(24)21-12-16-7-3-4-8-17(16)13-23/h3-10,14,22-23H,11-13H2,1-2H3,(H2,20,21,24). The summed E-state index contributed by atoms with van der Waals surface area (Å²) >= 11 is 0. The van der Waals surface area contributed by atoms with Gasteiger partial charge in [0, 0.05) is 24.8 Å². The van der Waals surface area contributed by atoms with Gasteiger partial charge < -0.3 is 21.1 Å². The maximum atomic E-state index is 12.0. The summed E-state index contributed by atoms with van der Waals surface area (Å²) in [6, 6.07) is 15.6. The molecule has 0 atom stereocenters. The van der Waals surface area contributed by atoms with Crippen LogP contribution in [-0.2, 0) is 19.7 Å². The first kappa shape index (κ1) is 17.8. The van der Waals surface area contributed by atoms with Crippen molar-refractivity contribution in [2.24, 2.45) is 0 Å². The number of urea groups is 1. The van der Waals surface area contributed by atoms with Gasteiger partial charge in [-0.25, -0.2) is 4.79 Å². The second-order valence-corrected chi connectivity index (χ2v) is 5.96. The van der Waals surface area contributed by atoms with Crippen molar-refractivity contribution in [1.82, 2.24) is 10.6 Å². The van der Waals surface area contributed by atoms with Crippen molar-refractivity contribution < 1.29 is 9.90 Å². The van der Waals surface area contributed by atoms with Gasteiger partial charge in [0.1, 0.15) is 0 Å². The third kappa shape index (κ3) is 5.59. The average molecular weight is 327 g/mol. The third-order valence-corrected chi connectivity index (χ3v) is 3.56. The Balaban J connectivity index is 1.83. The Morgan fingerprint density at radius 3 is 2.42 bits per heavy atom. The second kappa shape index (κ2) is 8.93. The first-order valence-corrected chi connectivity index (χ1v) is 8.13. The van der Waals surface area contributed by atoms with Gasteiger partial charge in [-0.05, 0) is 42.7 Å². The number of nitrogens with one attached hydrogen (secondary N) is 3. The zero-order valence-electron chi connectivity index (χ0n) is 14.2. The zero-order valence-corrected chi connectivity index (χ0v) is 14.2. The Morgan fingerprint density at radius 2 is 1.71 bits per heavy atom. The van der Waals surface area contributed by atoms with E-state index in [-0.39, 0.29) is 12.6 Å². The lowest BCUT2D eigenvalue weighted by Crippen LogP contribution is -2.34. The van der Waals surface area contributed by atoms with Gasteiger partial charge in [-0.3, -0.25) is 0 Å². The van der Waals surface area contributed by atoms with Crippen LogP contribution >= 0.6 is 0 Å². The smallest absolute Gasteiger partial charge is 0.315 e. The Hall–Kier alpha value is -2.53. The predicted molar refractivity (Wildman–Crippen MR) is 96.6 cm³/mol. The number of hydrogen-bond donors (Lipinski definition) is 4. The summed E-state index contributed by atoms with van der Waals surface area (Å²) < 4.78 is 0. The van der Waals surface area contributed by atoms with Crippen LogP contribution < -0.4 is 16.0 Å². The lowest BCUT2D eigenvalue weighted by atomic mass is 10.1. The Bertz CT molecular complexity index is 671. The molecule has 0 spiro atoms. The minimum Gasteiger partial charge on any atom is -0.392 e. The SMILES string of the molecule is CC(C)Nc1cccc(CNC(=O)NCc2ccccc2CO)c1. The molecule has 0 saturated carbocycles. The molecule has 0 bridgehead atoms. The minimum atomic E-state index is -0.232. The van der Waals surface area contributed by atoms with Gasteiger partial charge in [0.05, 0.1) is 6.61 Å². The lowest BCUT2D eigenvalue weighted by molar-refractivity contribution is 0.240. The Kier molecular flexibility index (Phi) is 6.63. The molecule has 5 nitrogen and oxygen atoms in total. The maximum Gasteiger partial charge on any atom is 0.315 e. The normalized spacial score (nSPS) is 10.5. The molecule has 0 unspecified atom stereocenters. The van der Waals surface area contributed by atoms with Crippen LogP contribution in [0.4, 0.5) is 10.5 Å². The molecule has 5 heteroatoms. The quantitative estimate of drug-likeness (QED) is 0.632. The second-order valence-electron chi connectivity index (χ2n) is 5.96. The Morgan fingerprint density at radius 1 is 1.00 bits per heavy atom. The van der Waals surface area contributed by atoms with Crippen molar-refractivity contribution in [2.75, 3.05) is 5.32 Å². The van der Waals surface area contributed by atoms with Crippen LogP contribution in [0.2, 0.25) is 0 Å². The van der Waals surface area contributed by atoms with Crippen molar-refractivity contribution in [3.63, 3.8) is 0 Å². The summed E-state index contributed by atoms with van der Waals surface area (Å²) in [5, 5.41) is 18.3. The molecule has 128 valence electrons. The number of carbonyl (C=O) groups is 1.